The third kappa shape index (κ3) is 2.97. The predicted molar refractivity (Wildman–Crippen MR) is 64.4 cm³/mol. The molecule has 1 aliphatic heterocycles. The standard InChI is InChI=1S/C12H21N3O2/c1-9-7-10(9)12(17)15-5-3-14(4-6-15)8-11(16)13-2/h9-10H,3-8H2,1-2H3,(H,13,16). The van der Waals surface area contributed by atoms with E-state index in [2.05, 4.69) is 17.1 Å². The van der Waals surface area contributed by atoms with Gasteiger partial charge in [-0.3, -0.25) is 14.5 Å². The summed E-state index contributed by atoms with van der Waals surface area (Å²) < 4.78 is 0. The number of likely N-dealkylation sites (N-methyl/N-ethyl adjacent to an activating group) is 1. The molecule has 1 saturated carbocycles. The van der Waals surface area contributed by atoms with Crippen molar-refractivity contribution in [3.63, 3.8) is 0 Å². The van der Waals surface area contributed by atoms with Crippen molar-refractivity contribution in [1.29, 1.82) is 0 Å². The first-order valence-electron chi connectivity index (χ1n) is 6.33. The van der Waals surface area contributed by atoms with Crippen LogP contribution < -0.4 is 5.32 Å². The first kappa shape index (κ1) is 12.4. The van der Waals surface area contributed by atoms with Crippen molar-refractivity contribution >= 4 is 11.8 Å². The number of nitrogens with one attached hydrogen (secondary N) is 1. The average molecular weight is 239 g/mol. The van der Waals surface area contributed by atoms with Crippen LogP contribution in [0, 0.1) is 11.8 Å². The summed E-state index contributed by atoms with van der Waals surface area (Å²) in [5.41, 5.74) is 0. The van der Waals surface area contributed by atoms with Gasteiger partial charge in [0.25, 0.3) is 0 Å². The summed E-state index contributed by atoms with van der Waals surface area (Å²) >= 11 is 0. The summed E-state index contributed by atoms with van der Waals surface area (Å²) in [7, 11) is 1.65. The lowest BCUT2D eigenvalue weighted by Crippen LogP contribution is -2.51. The Hall–Kier alpha value is -1.10. The van der Waals surface area contributed by atoms with E-state index in [0.717, 1.165) is 32.6 Å². The maximum atomic E-state index is 12.0. The highest BCUT2D eigenvalue weighted by Gasteiger charge is 2.41. The van der Waals surface area contributed by atoms with Gasteiger partial charge in [0.05, 0.1) is 6.54 Å². The van der Waals surface area contributed by atoms with Crippen molar-refractivity contribution in [1.82, 2.24) is 15.1 Å². The van der Waals surface area contributed by atoms with Crippen molar-refractivity contribution < 1.29 is 9.59 Å². The van der Waals surface area contributed by atoms with E-state index in [1.807, 2.05) is 4.90 Å². The molecule has 5 nitrogen and oxygen atoms in total. The maximum Gasteiger partial charge on any atom is 0.233 e. The second-order valence-electron chi connectivity index (χ2n) is 5.09. The number of hydrogen-bond acceptors (Lipinski definition) is 3. The lowest BCUT2D eigenvalue weighted by Gasteiger charge is -2.34. The van der Waals surface area contributed by atoms with E-state index >= 15 is 0 Å². The van der Waals surface area contributed by atoms with Crippen molar-refractivity contribution in [2.75, 3.05) is 39.8 Å². The van der Waals surface area contributed by atoms with E-state index in [1.165, 1.54) is 0 Å². The highest BCUT2D eigenvalue weighted by Crippen LogP contribution is 2.39. The molecule has 0 aromatic carbocycles. The lowest BCUT2D eigenvalue weighted by atomic mass is 10.2. The first-order chi connectivity index (χ1) is 8.11. The number of piperazine rings is 1. The van der Waals surface area contributed by atoms with Gasteiger partial charge in [-0.15, -0.1) is 0 Å². The van der Waals surface area contributed by atoms with Crippen molar-refractivity contribution in [3.8, 4) is 0 Å². The van der Waals surface area contributed by atoms with Crippen molar-refractivity contribution in [2.24, 2.45) is 11.8 Å². The number of rotatable bonds is 3. The SMILES string of the molecule is CNC(=O)CN1CCN(C(=O)C2CC2C)CC1. The van der Waals surface area contributed by atoms with E-state index in [9.17, 15) is 9.59 Å². The molecule has 1 aliphatic carbocycles. The number of carbonyl (C=O) groups excluding carboxylic acids is 2. The van der Waals surface area contributed by atoms with Gasteiger partial charge in [-0.2, -0.15) is 0 Å². The predicted octanol–water partition coefficient (Wildman–Crippen LogP) is -0.467. The summed E-state index contributed by atoms with van der Waals surface area (Å²) in [5.74, 6) is 1.21. The van der Waals surface area contributed by atoms with Crippen molar-refractivity contribution in [2.45, 2.75) is 13.3 Å². The topological polar surface area (TPSA) is 52.7 Å². The minimum Gasteiger partial charge on any atom is -0.358 e. The van der Waals surface area contributed by atoms with E-state index in [0.29, 0.717) is 18.4 Å². The zero-order valence-corrected chi connectivity index (χ0v) is 10.6. The lowest BCUT2D eigenvalue weighted by molar-refractivity contribution is -0.134. The molecule has 17 heavy (non-hydrogen) atoms. The van der Waals surface area contributed by atoms with Gasteiger partial charge in [0, 0.05) is 39.1 Å². The van der Waals surface area contributed by atoms with Gasteiger partial charge >= 0.3 is 0 Å². The van der Waals surface area contributed by atoms with Gasteiger partial charge < -0.3 is 10.2 Å². The van der Waals surface area contributed by atoms with E-state index in [-0.39, 0.29) is 11.8 Å². The van der Waals surface area contributed by atoms with E-state index in [1.54, 1.807) is 7.05 Å². The average Bonchev–Trinajstić information content (AvgIpc) is 3.06. The monoisotopic (exact) mass is 239 g/mol. The fourth-order valence-electron chi connectivity index (χ4n) is 2.31. The Bertz CT molecular complexity index is 311. The molecule has 2 unspecified atom stereocenters. The summed E-state index contributed by atoms with van der Waals surface area (Å²) in [6.45, 7) is 5.71. The van der Waals surface area contributed by atoms with E-state index < -0.39 is 0 Å². The summed E-state index contributed by atoms with van der Waals surface area (Å²) in [6, 6.07) is 0. The molecule has 96 valence electrons. The van der Waals surface area contributed by atoms with Gasteiger partial charge in [-0.25, -0.2) is 0 Å². The molecule has 0 spiro atoms. The van der Waals surface area contributed by atoms with Crippen LogP contribution in [-0.2, 0) is 9.59 Å². The van der Waals surface area contributed by atoms with Crippen LogP contribution >= 0.6 is 0 Å². The first-order valence-corrected chi connectivity index (χ1v) is 6.33. The second kappa shape index (κ2) is 5.04. The van der Waals surface area contributed by atoms with Crippen LogP contribution in [0.3, 0.4) is 0 Å². The van der Waals surface area contributed by atoms with Crippen LogP contribution in [0.15, 0.2) is 0 Å². The van der Waals surface area contributed by atoms with Crippen LogP contribution in [0.25, 0.3) is 0 Å². The summed E-state index contributed by atoms with van der Waals surface area (Å²) in [4.78, 5) is 27.3. The molecule has 0 aromatic heterocycles. The molecule has 2 aliphatic rings. The number of nitrogens with zero attached hydrogens (tertiary/aromatic N) is 2. The molecule has 2 atom stereocenters. The summed E-state index contributed by atoms with van der Waals surface area (Å²) in [5, 5.41) is 2.62. The molecule has 2 fully saturated rings. The minimum atomic E-state index is 0.0422. The zero-order chi connectivity index (χ0) is 12.4. The van der Waals surface area contributed by atoms with Crippen LogP contribution in [-0.4, -0.2) is 61.4 Å². The van der Waals surface area contributed by atoms with Gasteiger partial charge in [0.1, 0.15) is 0 Å². The molecule has 0 aromatic rings. The Morgan fingerprint density at radius 1 is 1.24 bits per heavy atom. The van der Waals surface area contributed by atoms with Crippen molar-refractivity contribution in [3.05, 3.63) is 0 Å². The van der Waals surface area contributed by atoms with Crippen LogP contribution in [0.5, 0.6) is 0 Å². The van der Waals surface area contributed by atoms with Crippen LogP contribution in [0.4, 0.5) is 0 Å². The van der Waals surface area contributed by atoms with Crippen LogP contribution in [0.2, 0.25) is 0 Å². The van der Waals surface area contributed by atoms with Gasteiger partial charge in [-0.05, 0) is 12.3 Å². The third-order valence-electron chi connectivity index (χ3n) is 3.76. The van der Waals surface area contributed by atoms with Crippen LogP contribution in [0.1, 0.15) is 13.3 Å². The molecule has 1 heterocycles. The molecule has 1 N–H and O–H groups in total. The highest BCUT2D eigenvalue weighted by molar-refractivity contribution is 5.81. The fourth-order valence-corrected chi connectivity index (χ4v) is 2.31. The Labute approximate surface area is 102 Å². The number of hydrogen-bond donors (Lipinski definition) is 1. The smallest absolute Gasteiger partial charge is 0.233 e. The molecular weight excluding hydrogens is 218 g/mol. The Balaban J connectivity index is 1.74. The Morgan fingerprint density at radius 3 is 2.29 bits per heavy atom. The summed E-state index contributed by atoms with van der Waals surface area (Å²) in [6.07, 6.45) is 1.05. The van der Waals surface area contributed by atoms with E-state index in [4.69, 9.17) is 0 Å². The molecule has 0 bridgehead atoms. The van der Waals surface area contributed by atoms with Gasteiger partial charge in [-0.1, -0.05) is 6.92 Å². The number of carbonyl (C=O) groups is 2. The largest absolute Gasteiger partial charge is 0.358 e. The quantitative estimate of drug-likeness (QED) is 0.724. The Morgan fingerprint density at radius 2 is 1.82 bits per heavy atom. The zero-order valence-electron chi connectivity index (χ0n) is 10.6. The molecular formula is C12H21N3O2. The Kier molecular flexibility index (Phi) is 3.66. The molecule has 5 heteroatoms. The normalized spacial score (nSPS) is 28.9. The molecule has 0 radical (unpaired) electrons. The van der Waals surface area contributed by atoms with Gasteiger partial charge in [0.2, 0.25) is 11.8 Å². The highest BCUT2D eigenvalue weighted by atomic mass is 16.2. The fraction of sp³-hybridized carbons (Fsp3) is 0.833. The molecule has 1 saturated heterocycles. The molecule has 2 rings (SSSR count). The number of amides is 2. The third-order valence-corrected chi connectivity index (χ3v) is 3.76. The molecule has 2 amide bonds. The minimum absolute atomic E-state index is 0.0422. The van der Waals surface area contributed by atoms with Gasteiger partial charge in [0.15, 0.2) is 0 Å². The maximum absolute atomic E-state index is 12.0. The second-order valence-corrected chi connectivity index (χ2v) is 5.09.